The van der Waals surface area contributed by atoms with E-state index >= 15 is 0 Å². The van der Waals surface area contributed by atoms with Gasteiger partial charge in [0.05, 0.1) is 0 Å². The predicted octanol–water partition coefficient (Wildman–Crippen LogP) is 4.88. The molecule has 18 heavy (non-hydrogen) atoms. The van der Waals surface area contributed by atoms with E-state index in [4.69, 9.17) is 0 Å². The molecule has 0 bridgehead atoms. The van der Waals surface area contributed by atoms with Crippen LogP contribution in [0.5, 0.6) is 0 Å². The van der Waals surface area contributed by atoms with Crippen LogP contribution in [0.3, 0.4) is 0 Å². The van der Waals surface area contributed by atoms with Crippen LogP contribution in [0.15, 0.2) is 48.5 Å². The summed E-state index contributed by atoms with van der Waals surface area (Å²) < 4.78 is 0. The molecule has 0 radical (unpaired) electrons. The first-order valence-electron chi connectivity index (χ1n) is 6.45. The second kappa shape index (κ2) is 8.22. The van der Waals surface area contributed by atoms with Crippen molar-refractivity contribution in [3.63, 3.8) is 0 Å². The summed E-state index contributed by atoms with van der Waals surface area (Å²) in [5, 5.41) is 0. The first kappa shape index (κ1) is 15.1. The molecule has 0 aliphatic carbocycles. The number of hydrogen-bond donors (Lipinski definition) is 0. The molecular weight excluding hydrogens is 270 g/mol. The Hall–Kier alpha value is -0.937. The minimum atomic E-state index is 0. The molecule has 0 fully saturated rings. The summed E-state index contributed by atoms with van der Waals surface area (Å²) in [6.45, 7) is 2.25. The van der Waals surface area contributed by atoms with Crippen molar-refractivity contribution in [2.45, 2.75) is 32.6 Å². The van der Waals surface area contributed by atoms with Crippen LogP contribution in [0.1, 0.15) is 31.7 Å². The van der Waals surface area contributed by atoms with Crippen molar-refractivity contribution in [1.82, 2.24) is 0 Å². The van der Waals surface area contributed by atoms with E-state index in [9.17, 15) is 0 Å². The summed E-state index contributed by atoms with van der Waals surface area (Å²) in [7, 11) is 0. The quantitative estimate of drug-likeness (QED) is 0.418. The zero-order valence-electron chi connectivity index (χ0n) is 11.2. The van der Waals surface area contributed by atoms with E-state index in [-0.39, 0.29) is 19.5 Å². The first-order valence-corrected chi connectivity index (χ1v) is 6.45. The van der Waals surface area contributed by atoms with Crippen molar-refractivity contribution in [2.24, 2.45) is 0 Å². The Balaban J connectivity index is 0.00000162. The van der Waals surface area contributed by atoms with Crippen LogP contribution >= 0.6 is 0 Å². The molecule has 0 amide bonds. The number of unbranched alkanes of at least 4 members (excludes halogenated alkanes) is 2. The van der Waals surface area contributed by atoms with Gasteiger partial charge in [0.25, 0.3) is 0 Å². The molecule has 0 atom stereocenters. The molecule has 0 unspecified atom stereocenters. The van der Waals surface area contributed by atoms with Gasteiger partial charge in [-0.05, 0) is 24.0 Å². The Morgan fingerprint density at radius 1 is 0.833 bits per heavy atom. The number of hydrogen-bond acceptors (Lipinski definition) is 0. The predicted molar refractivity (Wildman–Crippen MR) is 73.9 cm³/mol. The second-order valence-electron chi connectivity index (χ2n) is 4.44. The van der Waals surface area contributed by atoms with E-state index in [1.165, 1.54) is 42.4 Å². The number of aryl methyl sites for hydroxylation is 1. The van der Waals surface area contributed by atoms with E-state index in [0.717, 1.165) is 0 Å². The molecule has 0 aliphatic rings. The van der Waals surface area contributed by atoms with Crippen molar-refractivity contribution in [1.29, 1.82) is 0 Å². The molecule has 2 aromatic carbocycles. The third-order valence-electron chi connectivity index (χ3n) is 3.07. The SMILES string of the molecule is CCCCCc1ccc(-c2cc[c-]cc2)cc1.[Zn]. The maximum Gasteiger partial charge on any atom is 0 e. The Bertz CT molecular complexity index is 431. The first-order chi connectivity index (χ1) is 8.40. The summed E-state index contributed by atoms with van der Waals surface area (Å²) in [6, 6.07) is 20.1. The van der Waals surface area contributed by atoms with Gasteiger partial charge >= 0.3 is 0 Å². The molecule has 0 aliphatic heterocycles. The maximum atomic E-state index is 3.05. The van der Waals surface area contributed by atoms with Gasteiger partial charge in [0.1, 0.15) is 0 Å². The van der Waals surface area contributed by atoms with Gasteiger partial charge in [0.2, 0.25) is 0 Å². The maximum absolute atomic E-state index is 3.05. The van der Waals surface area contributed by atoms with Crippen LogP contribution in [0.4, 0.5) is 0 Å². The van der Waals surface area contributed by atoms with Crippen molar-refractivity contribution >= 4 is 0 Å². The van der Waals surface area contributed by atoms with Gasteiger partial charge in [-0.1, -0.05) is 44.0 Å². The minimum Gasteiger partial charge on any atom is -0.184 e. The molecule has 0 aromatic heterocycles. The fourth-order valence-corrected chi connectivity index (χ4v) is 2.02. The zero-order chi connectivity index (χ0) is 11.9. The van der Waals surface area contributed by atoms with Crippen molar-refractivity contribution < 1.29 is 19.5 Å². The second-order valence-corrected chi connectivity index (χ2v) is 4.44. The van der Waals surface area contributed by atoms with E-state index in [1.807, 2.05) is 12.1 Å². The molecule has 1 heteroatoms. The third kappa shape index (κ3) is 4.39. The van der Waals surface area contributed by atoms with Crippen LogP contribution in [0.25, 0.3) is 11.1 Å². The fraction of sp³-hybridized carbons (Fsp3) is 0.294. The average molecular weight is 289 g/mol. The fourth-order valence-electron chi connectivity index (χ4n) is 2.02. The Labute approximate surface area is 123 Å². The van der Waals surface area contributed by atoms with Crippen LogP contribution in [0, 0.1) is 6.07 Å². The van der Waals surface area contributed by atoms with Gasteiger partial charge < -0.3 is 0 Å². The topological polar surface area (TPSA) is 0 Å². The summed E-state index contributed by atoms with van der Waals surface area (Å²) in [5.41, 5.74) is 4.01. The summed E-state index contributed by atoms with van der Waals surface area (Å²) in [5.74, 6) is 0. The van der Waals surface area contributed by atoms with Crippen LogP contribution in [-0.2, 0) is 25.9 Å². The Morgan fingerprint density at radius 3 is 2.06 bits per heavy atom. The molecule has 0 saturated heterocycles. The average Bonchev–Trinajstić information content (AvgIpc) is 2.41. The smallest absolute Gasteiger partial charge is 0 e. The molecule has 2 aromatic rings. The van der Waals surface area contributed by atoms with Gasteiger partial charge in [-0.15, -0.1) is 5.56 Å². The van der Waals surface area contributed by atoms with E-state index in [1.54, 1.807) is 0 Å². The van der Waals surface area contributed by atoms with Crippen LogP contribution < -0.4 is 0 Å². The van der Waals surface area contributed by atoms with Gasteiger partial charge in [-0.2, -0.15) is 30.3 Å². The summed E-state index contributed by atoms with van der Waals surface area (Å²) in [6.07, 6.45) is 5.13. The third-order valence-corrected chi connectivity index (χ3v) is 3.07. The van der Waals surface area contributed by atoms with E-state index < -0.39 is 0 Å². The molecule has 0 saturated carbocycles. The largest absolute Gasteiger partial charge is 0.184 e. The normalized spacial score (nSPS) is 9.83. The van der Waals surface area contributed by atoms with Gasteiger partial charge in [0, 0.05) is 19.5 Å². The van der Waals surface area contributed by atoms with Gasteiger partial charge in [-0.25, -0.2) is 0 Å². The molecule has 0 spiro atoms. The van der Waals surface area contributed by atoms with Crippen molar-refractivity contribution in [3.05, 3.63) is 60.2 Å². The Morgan fingerprint density at radius 2 is 1.44 bits per heavy atom. The summed E-state index contributed by atoms with van der Waals surface area (Å²) >= 11 is 0. The molecule has 0 N–H and O–H groups in total. The van der Waals surface area contributed by atoms with Crippen molar-refractivity contribution in [2.75, 3.05) is 0 Å². The minimum absolute atomic E-state index is 0. The molecule has 0 heterocycles. The molecule has 2 rings (SSSR count). The number of benzene rings is 2. The molecule has 0 nitrogen and oxygen atoms in total. The van der Waals surface area contributed by atoms with Gasteiger partial charge in [-0.3, -0.25) is 0 Å². The molecule has 90 valence electrons. The van der Waals surface area contributed by atoms with Crippen LogP contribution in [-0.4, -0.2) is 0 Å². The monoisotopic (exact) mass is 287 g/mol. The summed E-state index contributed by atoms with van der Waals surface area (Å²) in [4.78, 5) is 0. The van der Waals surface area contributed by atoms with Gasteiger partial charge in [0.15, 0.2) is 0 Å². The van der Waals surface area contributed by atoms with E-state index in [2.05, 4.69) is 49.4 Å². The van der Waals surface area contributed by atoms with Crippen molar-refractivity contribution in [3.8, 4) is 11.1 Å². The van der Waals surface area contributed by atoms with Crippen LogP contribution in [0.2, 0.25) is 0 Å². The molecular formula is C17H19Zn-. The van der Waals surface area contributed by atoms with E-state index in [0.29, 0.717) is 0 Å². The zero-order valence-corrected chi connectivity index (χ0v) is 14.1. The standard InChI is InChI=1S/C17H19.Zn/c1-2-3-5-8-15-11-13-17(14-12-15)16-9-6-4-7-10-16;/h6-7,9-14H,2-3,5,8H2,1H3;/q-1;. The Kier molecular flexibility index (Phi) is 6.90. The number of rotatable bonds is 5.